The second kappa shape index (κ2) is 7.62. The summed E-state index contributed by atoms with van der Waals surface area (Å²) in [6.07, 6.45) is 0. The summed E-state index contributed by atoms with van der Waals surface area (Å²) in [4.78, 5) is 0. The summed E-state index contributed by atoms with van der Waals surface area (Å²) in [5, 5.41) is 6.96. The maximum Gasteiger partial charge on any atom is 0.143 e. The summed E-state index contributed by atoms with van der Waals surface area (Å²) in [5.41, 5.74) is 9.23. The maximum atomic E-state index is 6.40. The molecule has 3 heterocycles. The minimum absolute atomic E-state index is 0.874. The zero-order valence-corrected chi connectivity index (χ0v) is 20.9. The molecule has 0 aliphatic rings. The Morgan fingerprint density at radius 2 is 1.08 bits per heavy atom. The van der Waals surface area contributed by atoms with Gasteiger partial charge in [0.15, 0.2) is 0 Å². The van der Waals surface area contributed by atoms with E-state index in [0.29, 0.717) is 0 Å². The van der Waals surface area contributed by atoms with Crippen LogP contribution in [0.2, 0.25) is 0 Å². The molecule has 0 unspecified atom stereocenters. The molecular formula is C36H21NO2. The minimum atomic E-state index is 0.874. The molecule has 0 aliphatic heterocycles. The number of rotatable bonds is 2. The predicted octanol–water partition coefficient (Wildman–Crippen LogP) is 10.2. The SMILES string of the molecule is c1ccc2c(c1)oc1c(-c3ccc4oc5cccc(-n6c7ccccc7c7ccccc76)c5c4c3)cccc12. The van der Waals surface area contributed by atoms with Crippen LogP contribution in [0.5, 0.6) is 0 Å². The highest BCUT2D eigenvalue weighted by Gasteiger charge is 2.19. The van der Waals surface area contributed by atoms with Crippen molar-refractivity contribution in [2.75, 3.05) is 0 Å². The van der Waals surface area contributed by atoms with Gasteiger partial charge in [-0.15, -0.1) is 0 Å². The van der Waals surface area contributed by atoms with Gasteiger partial charge < -0.3 is 13.4 Å². The van der Waals surface area contributed by atoms with Crippen molar-refractivity contribution in [3.05, 3.63) is 127 Å². The predicted molar refractivity (Wildman–Crippen MR) is 161 cm³/mol. The van der Waals surface area contributed by atoms with Crippen molar-refractivity contribution in [2.45, 2.75) is 0 Å². The van der Waals surface area contributed by atoms with Gasteiger partial charge in [-0.3, -0.25) is 0 Å². The van der Waals surface area contributed by atoms with E-state index in [4.69, 9.17) is 8.83 Å². The molecule has 0 N–H and O–H groups in total. The van der Waals surface area contributed by atoms with Gasteiger partial charge in [-0.2, -0.15) is 0 Å². The van der Waals surface area contributed by atoms with Crippen molar-refractivity contribution in [3.8, 4) is 16.8 Å². The Labute approximate surface area is 223 Å². The Hall–Kier alpha value is -5.28. The van der Waals surface area contributed by atoms with Crippen LogP contribution >= 0.6 is 0 Å². The average molecular weight is 500 g/mol. The Balaban J connectivity index is 1.36. The molecule has 0 radical (unpaired) electrons. The molecule has 0 fully saturated rings. The highest BCUT2D eigenvalue weighted by Crippen LogP contribution is 2.41. The van der Waals surface area contributed by atoms with E-state index in [1.807, 2.05) is 12.1 Å². The summed E-state index contributed by atoms with van der Waals surface area (Å²) >= 11 is 0. The summed E-state index contributed by atoms with van der Waals surface area (Å²) in [5.74, 6) is 0. The molecule has 0 saturated carbocycles. The van der Waals surface area contributed by atoms with Crippen molar-refractivity contribution in [3.63, 3.8) is 0 Å². The largest absolute Gasteiger partial charge is 0.456 e. The molecule has 3 aromatic heterocycles. The Morgan fingerprint density at radius 1 is 0.436 bits per heavy atom. The molecule has 0 bridgehead atoms. The number of hydrogen-bond donors (Lipinski definition) is 0. The van der Waals surface area contributed by atoms with Crippen LogP contribution in [0.3, 0.4) is 0 Å². The lowest BCUT2D eigenvalue weighted by Gasteiger charge is -2.10. The van der Waals surface area contributed by atoms with E-state index in [1.165, 1.54) is 21.8 Å². The molecule has 3 heteroatoms. The first-order valence-electron chi connectivity index (χ1n) is 13.2. The number of aromatic nitrogens is 1. The fourth-order valence-corrected chi connectivity index (χ4v) is 6.32. The molecule has 0 atom stereocenters. The molecule has 0 saturated heterocycles. The molecule has 0 aliphatic carbocycles. The lowest BCUT2D eigenvalue weighted by Crippen LogP contribution is -1.94. The van der Waals surface area contributed by atoms with Gasteiger partial charge in [-0.05, 0) is 48.0 Å². The number of hydrogen-bond acceptors (Lipinski definition) is 2. The van der Waals surface area contributed by atoms with Crippen molar-refractivity contribution in [1.82, 2.24) is 4.57 Å². The third kappa shape index (κ3) is 2.82. The van der Waals surface area contributed by atoms with Crippen LogP contribution in [0.25, 0.3) is 82.5 Å². The zero-order chi connectivity index (χ0) is 25.5. The summed E-state index contributed by atoms with van der Waals surface area (Å²) in [6, 6.07) is 44.7. The van der Waals surface area contributed by atoms with E-state index < -0.39 is 0 Å². The van der Waals surface area contributed by atoms with Crippen LogP contribution in [-0.2, 0) is 0 Å². The van der Waals surface area contributed by atoms with Crippen LogP contribution in [0.15, 0.2) is 136 Å². The first-order valence-corrected chi connectivity index (χ1v) is 13.2. The first kappa shape index (κ1) is 20.7. The van der Waals surface area contributed by atoms with Gasteiger partial charge in [0, 0.05) is 32.5 Å². The van der Waals surface area contributed by atoms with Crippen molar-refractivity contribution < 1.29 is 8.83 Å². The Bertz CT molecular complexity index is 2350. The normalized spacial score (nSPS) is 12.1. The van der Waals surface area contributed by atoms with Crippen molar-refractivity contribution in [2.24, 2.45) is 0 Å². The van der Waals surface area contributed by atoms with Crippen LogP contribution < -0.4 is 0 Å². The van der Waals surface area contributed by atoms with Crippen LogP contribution in [0, 0.1) is 0 Å². The fraction of sp³-hybridized carbons (Fsp3) is 0. The fourth-order valence-electron chi connectivity index (χ4n) is 6.32. The van der Waals surface area contributed by atoms with E-state index in [9.17, 15) is 0 Å². The molecule has 6 aromatic carbocycles. The zero-order valence-electron chi connectivity index (χ0n) is 20.9. The van der Waals surface area contributed by atoms with Gasteiger partial charge in [-0.1, -0.05) is 84.9 Å². The smallest absolute Gasteiger partial charge is 0.143 e. The number of benzene rings is 6. The summed E-state index contributed by atoms with van der Waals surface area (Å²) in [6.45, 7) is 0. The Morgan fingerprint density at radius 3 is 1.90 bits per heavy atom. The van der Waals surface area contributed by atoms with E-state index in [2.05, 4.69) is 120 Å². The van der Waals surface area contributed by atoms with E-state index >= 15 is 0 Å². The van der Waals surface area contributed by atoms with Crippen LogP contribution in [0.4, 0.5) is 0 Å². The molecule has 9 rings (SSSR count). The third-order valence-corrected chi connectivity index (χ3v) is 8.01. The third-order valence-electron chi connectivity index (χ3n) is 8.01. The molecule has 0 amide bonds. The highest BCUT2D eigenvalue weighted by molar-refractivity contribution is 6.16. The number of para-hydroxylation sites is 4. The minimum Gasteiger partial charge on any atom is -0.456 e. The maximum absolute atomic E-state index is 6.40. The van der Waals surface area contributed by atoms with Crippen molar-refractivity contribution >= 4 is 65.7 Å². The van der Waals surface area contributed by atoms with E-state index in [1.54, 1.807) is 0 Å². The quantitative estimate of drug-likeness (QED) is 0.237. The van der Waals surface area contributed by atoms with Gasteiger partial charge in [-0.25, -0.2) is 0 Å². The van der Waals surface area contributed by atoms with Gasteiger partial charge in [0.1, 0.15) is 22.3 Å². The lowest BCUT2D eigenvalue weighted by atomic mass is 10.00. The van der Waals surface area contributed by atoms with Crippen LogP contribution in [0.1, 0.15) is 0 Å². The molecule has 3 nitrogen and oxygen atoms in total. The second-order valence-electron chi connectivity index (χ2n) is 10.1. The first-order chi connectivity index (χ1) is 19.3. The van der Waals surface area contributed by atoms with Crippen LogP contribution in [-0.4, -0.2) is 4.57 Å². The van der Waals surface area contributed by atoms with E-state index in [-0.39, 0.29) is 0 Å². The molecular weight excluding hydrogens is 478 g/mol. The standard InChI is InChI=1S/C36H21NO2/c1-4-14-29-24(9-1)25-10-2-5-15-30(25)37(29)31-16-8-18-34-35(31)28-21-22(19-20-33(28)38-34)23-12-7-13-27-26-11-3-6-17-32(26)39-36(23)27/h1-21H. The number of nitrogens with zero attached hydrogens (tertiary/aromatic N) is 1. The Kier molecular flexibility index (Phi) is 4.05. The molecule has 0 spiro atoms. The highest BCUT2D eigenvalue weighted by atomic mass is 16.3. The average Bonchev–Trinajstić information content (AvgIpc) is 3.66. The molecule has 182 valence electrons. The van der Waals surface area contributed by atoms with Gasteiger partial charge >= 0.3 is 0 Å². The summed E-state index contributed by atoms with van der Waals surface area (Å²) in [7, 11) is 0. The van der Waals surface area contributed by atoms with Crippen molar-refractivity contribution in [1.29, 1.82) is 0 Å². The number of furan rings is 2. The topological polar surface area (TPSA) is 31.2 Å². The second-order valence-corrected chi connectivity index (χ2v) is 10.1. The van der Waals surface area contributed by atoms with E-state index in [0.717, 1.165) is 60.7 Å². The lowest BCUT2D eigenvalue weighted by molar-refractivity contribution is 0.668. The van der Waals surface area contributed by atoms with Gasteiger partial charge in [0.25, 0.3) is 0 Å². The monoisotopic (exact) mass is 499 g/mol. The number of fused-ring (bicyclic) bond motifs is 9. The van der Waals surface area contributed by atoms with Gasteiger partial charge in [0.2, 0.25) is 0 Å². The molecule has 39 heavy (non-hydrogen) atoms. The van der Waals surface area contributed by atoms with Gasteiger partial charge in [0.05, 0.1) is 22.1 Å². The molecule has 9 aromatic rings. The summed E-state index contributed by atoms with van der Waals surface area (Å²) < 4.78 is 15.1.